The Morgan fingerprint density at radius 3 is 2.09 bits per heavy atom. The number of hydrogen-bond acceptors (Lipinski definition) is 0. The molecule has 0 radical (unpaired) electrons. The minimum absolute atomic E-state index is 0.258. The van der Waals surface area contributed by atoms with E-state index < -0.39 is 17.5 Å². The lowest BCUT2D eigenvalue weighted by atomic mass is 9.78. The summed E-state index contributed by atoms with van der Waals surface area (Å²) in [5.41, 5.74) is 2.55. The third-order valence-corrected chi connectivity index (χ3v) is 7.37. The summed E-state index contributed by atoms with van der Waals surface area (Å²) in [5, 5.41) is 0.148. The second-order valence-corrected chi connectivity index (χ2v) is 9.47. The highest BCUT2D eigenvalue weighted by Gasteiger charge is 2.21. The maximum absolute atomic E-state index is 15.3. The van der Waals surface area contributed by atoms with Gasteiger partial charge in [-0.3, -0.25) is 0 Å². The molecule has 4 rings (SSSR count). The van der Waals surface area contributed by atoms with Crippen LogP contribution in [0.25, 0.3) is 21.9 Å². The van der Waals surface area contributed by atoms with Crippen LogP contribution < -0.4 is 0 Å². The molecule has 3 heteroatoms. The molecular formula is C29H33F3. The Balaban J connectivity index is 1.51. The van der Waals surface area contributed by atoms with E-state index in [0.29, 0.717) is 34.9 Å². The van der Waals surface area contributed by atoms with E-state index in [1.807, 2.05) is 31.2 Å². The molecule has 3 aromatic rings. The monoisotopic (exact) mass is 438 g/mol. The van der Waals surface area contributed by atoms with Gasteiger partial charge in [0.2, 0.25) is 0 Å². The van der Waals surface area contributed by atoms with Crippen molar-refractivity contribution >= 4 is 10.8 Å². The standard InChI is InChI=1S/C29H33F3/c1-3-5-24-18-23-16-17-25(28(31)26(23)29(32)27(24)30)22-14-12-21(13-15-22)11-10-20-8-6-19(4-2)7-9-20/h12-20H,3-11H2,1-2H3. The van der Waals surface area contributed by atoms with Gasteiger partial charge in [-0.1, -0.05) is 88.8 Å². The summed E-state index contributed by atoms with van der Waals surface area (Å²) in [6.45, 7) is 4.20. The zero-order valence-electron chi connectivity index (χ0n) is 19.2. The highest BCUT2D eigenvalue weighted by molar-refractivity contribution is 5.89. The zero-order chi connectivity index (χ0) is 22.7. The normalized spacial score (nSPS) is 18.9. The number of halogens is 3. The van der Waals surface area contributed by atoms with Gasteiger partial charge in [0.25, 0.3) is 0 Å². The van der Waals surface area contributed by atoms with Gasteiger partial charge < -0.3 is 0 Å². The minimum atomic E-state index is -1.08. The van der Waals surface area contributed by atoms with Gasteiger partial charge in [-0.05, 0) is 59.2 Å². The van der Waals surface area contributed by atoms with Crippen LogP contribution in [-0.4, -0.2) is 0 Å². The third kappa shape index (κ3) is 4.72. The smallest absolute Gasteiger partial charge is 0.169 e. The van der Waals surface area contributed by atoms with Crippen LogP contribution in [0.3, 0.4) is 0 Å². The Kier molecular flexibility index (Phi) is 7.23. The molecule has 0 atom stereocenters. The van der Waals surface area contributed by atoms with E-state index >= 15 is 4.39 Å². The average molecular weight is 439 g/mol. The summed E-state index contributed by atoms with van der Waals surface area (Å²) in [6, 6.07) is 12.8. The highest BCUT2D eigenvalue weighted by atomic mass is 19.2. The fourth-order valence-electron chi connectivity index (χ4n) is 5.26. The summed E-state index contributed by atoms with van der Waals surface area (Å²) >= 11 is 0. The fourth-order valence-corrected chi connectivity index (χ4v) is 5.26. The van der Waals surface area contributed by atoms with Gasteiger partial charge in [-0.15, -0.1) is 0 Å². The molecule has 170 valence electrons. The number of hydrogen-bond donors (Lipinski definition) is 0. The lowest BCUT2D eigenvalue weighted by Crippen LogP contribution is -2.14. The molecule has 3 aromatic carbocycles. The first-order valence-electron chi connectivity index (χ1n) is 12.2. The Bertz CT molecular complexity index is 1060. The van der Waals surface area contributed by atoms with E-state index in [2.05, 4.69) is 6.92 Å². The van der Waals surface area contributed by atoms with Crippen molar-refractivity contribution in [2.24, 2.45) is 11.8 Å². The maximum Gasteiger partial charge on any atom is 0.169 e. The van der Waals surface area contributed by atoms with E-state index in [0.717, 1.165) is 18.3 Å². The van der Waals surface area contributed by atoms with Gasteiger partial charge in [0.15, 0.2) is 11.6 Å². The molecule has 0 bridgehead atoms. The highest BCUT2D eigenvalue weighted by Crippen LogP contribution is 2.35. The minimum Gasteiger partial charge on any atom is -0.206 e. The second kappa shape index (κ2) is 10.1. The van der Waals surface area contributed by atoms with E-state index in [4.69, 9.17) is 0 Å². The third-order valence-electron chi connectivity index (χ3n) is 7.37. The lowest BCUT2D eigenvalue weighted by molar-refractivity contribution is 0.259. The molecular weight excluding hydrogens is 405 g/mol. The molecule has 0 aromatic heterocycles. The van der Waals surface area contributed by atoms with E-state index in [-0.39, 0.29) is 5.39 Å². The Morgan fingerprint density at radius 2 is 1.44 bits per heavy atom. The van der Waals surface area contributed by atoms with Gasteiger partial charge in [-0.2, -0.15) is 0 Å². The molecule has 0 spiro atoms. The zero-order valence-corrected chi connectivity index (χ0v) is 19.2. The molecule has 0 nitrogen and oxygen atoms in total. The van der Waals surface area contributed by atoms with Crippen molar-refractivity contribution in [1.82, 2.24) is 0 Å². The van der Waals surface area contributed by atoms with Crippen LogP contribution >= 0.6 is 0 Å². The number of benzene rings is 3. The first kappa shape index (κ1) is 22.9. The SMILES string of the molecule is CCCc1cc2ccc(-c3ccc(CCC4CCC(CC)CC4)cc3)c(F)c2c(F)c1F. The fraction of sp³-hybridized carbons (Fsp3) is 0.448. The van der Waals surface area contributed by atoms with Crippen LogP contribution in [0.4, 0.5) is 13.2 Å². The molecule has 0 amide bonds. The Hall–Kier alpha value is -2.29. The van der Waals surface area contributed by atoms with Gasteiger partial charge in [-0.25, -0.2) is 13.2 Å². The lowest BCUT2D eigenvalue weighted by Gasteiger charge is -2.27. The Morgan fingerprint density at radius 1 is 0.750 bits per heavy atom. The summed E-state index contributed by atoms with van der Waals surface area (Å²) in [5.74, 6) is -0.981. The number of aryl methyl sites for hydroxylation is 2. The van der Waals surface area contributed by atoms with Crippen molar-refractivity contribution in [2.75, 3.05) is 0 Å². The van der Waals surface area contributed by atoms with Crippen molar-refractivity contribution in [3.63, 3.8) is 0 Å². The van der Waals surface area contributed by atoms with Gasteiger partial charge in [0.05, 0.1) is 5.39 Å². The van der Waals surface area contributed by atoms with Gasteiger partial charge >= 0.3 is 0 Å². The van der Waals surface area contributed by atoms with Crippen LogP contribution in [0, 0.1) is 29.3 Å². The molecule has 1 aliphatic rings. The van der Waals surface area contributed by atoms with Crippen LogP contribution in [-0.2, 0) is 12.8 Å². The van der Waals surface area contributed by atoms with Gasteiger partial charge in [0.1, 0.15) is 5.82 Å². The van der Waals surface area contributed by atoms with Crippen LogP contribution in [0.5, 0.6) is 0 Å². The summed E-state index contributed by atoms with van der Waals surface area (Å²) in [7, 11) is 0. The molecule has 32 heavy (non-hydrogen) atoms. The molecule has 0 saturated heterocycles. The number of rotatable bonds is 7. The molecule has 0 N–H and O–H groups in total. The van der Waals surface area contributed by atoms with Crippen molar-refractivity contribution in [2.45, 2.75) is 71.6 Å². The Labute approximate surface area is 189 Å². The first-order valence-corrected chi connectivity index (χ1v) is 12.2. The molecule has 1 aliphatic carbocycles. The van der Waals surface area contributed by atoms with Crippen LogP contribution in [0.15, 0.2) is 42.5 Å². The second-order valence-electron chi connectivity index (χ2n) is 9.47. The van der Waals surface area contributed by atoms with Crippen molar-refractivity contribution in [3.8, 4) is 11.1 Å². The quantitative estimate of drug-likeness (QED) is 0.345. The largest absolute Gasteiger partial charge is 0.206 e. The number of fused-ring (bicyclic) bond motifs is 1. The van der Waals surface area contributed by atoms with Crippen LogP contribution in [0.1, 0.15) is 69.9 Å². The predicted molar refractivity (Wildman–Crippen MR) is 127 cm³/mol. The van der Waals surface area contributed by atoms with E-state index in [1.165, 1.54) is 44.1 Å². The molecule has 0 aliphatic heterocycles. The van der Waals surface area contributed by atoms with Gasteiger partial charge in [0, 0.05) is 5.56 Å². The van der Waals surface area contributed by atoms with Crippen molar-refractivity contribution in [1.29, 1.82) is 0 Å². The predicted octanol–water partition coefficient (Wildman–Crippen LogP) is 9.03. The van der Waals surface area contributed by atoms with Crippen LogP contribution in [0.2, 0.25) is 0 Å². The molecule has 0 heterocycles. The summed E-state index contributed by atoms with van der Waals surface area (Å²) in [6.07, 6.45) is 10.1. The molecule has 0 unspecified atom stereocenters. The molecule has 1 fully saturated rings. The van der Waals surface area contributed by atoms with E-state index in [9.17, 15) is 8.78 Å². The first-order chi connectivity index (χ1) is 15.5. The van der Waals surface area contributed by atoms with E-state index in [1.54, 1.807) is 18.2 Å². The summed E-state index contributed by atoms with van der Waals surface area (Å²) < 4.78 is 44.4. The maximum atomic E-state index is 15.3. The molecule has 1 saturated carbocycles. The van der Waals surface area contributed by atoms with Crippen molar-refractivity contribution < 1.29 is 13.2 Å². The summed E-state index contributed by atoms with van der Waals surface area (Å²) in [4.78, 5) is 0. The topological polar surface area (TPSA) is 0 Å². The van der Waals surface area contributed by atoms with Crippen molar-refractivity contribution in [3.05, 3.63) is 71.0 Å². The average Bonchev–Trinajstić information content (AvgIpc) is 2.82.